The summed E-state index contributed by atoms with van der Waals surface area (Å²) in [6, 6.07) is 11.3. The molecular weight excluding hydrogens is 488 g/mol. The lowest BCUT2D eigenvalue weighted by Gasteiger charge is -2.55. The highest BCUT2D eigenvalue weighted by Crippen LogP contribution is 2.60. The van der Waals surface area contributed by atoms with Gasteiger partial charge in [0, 0.05) is 0 Å². The zero-order valence-corrected chi connectivity index (χ0v) is 23.8. The van der Waals surface area contributed by atoms with E-state index in [0.29, 0.717) is 12.8 Å². The number of rotatable bonds is 2. The average molecular weight is 531 g/mol. The molecule has 2 N–H and O–H groups in total. The van der Waals surface area contributed by atoms with E-state index in [1.165, 1.54) is 11.1 Å². The Morgan fingerprint density at radius 3 is 1.51 bits per heavy atom. The van der Waals surface area contributed by atoms with Gasteiger partial charge in [0.05, 0.1) is 10.8 Å². The Morgan fingerprint density at radius 1 is 0.692 bits per heavy atom. The summed E-state index contributed by atoms with van der Waals surface area (Å²) in [5, 5.41) is 20.5. The molecule has 6 rings (SSSR count). The minimum Gasteiger partial charge on any atom is -0.508 e. The predicted molar refractivity (Wildman–Crippen MR) is 150 cm³/mol. The summed E-state index contributed by atoms with van der Waals surface area (Å²) in [5.74, 6) is -0.152. The third-order valence-electron chi connectivity index (χ3n) is 11.8. The molecule has 0 bridgehead atoms. The maximum absolute atomic E-state index is 14.0. The van der Waals surface area contributed by atoms with Crippen LogP contribution in [0.15, 0.2) is 36.4 Å². The van der Waals surface area contributed by atoms with Crippen LogP contribution < -0.4 is 0 Å². The number of benzene rings is 2. The van der Waals surface area contributed by atoms with Gasteiger partial charge in [-0.1, -0.05) is 38.8 Å². The molecule has 208 valence electrons. The molecule has 2 aromatic carbocycles. The molecule has 4 aliphatic rings. The van der Waals surface area contributed by atoms with Crippen molar-refractivity contribution in [2.45, 2.75) is 103 Å². The van der Waals surface area contributed by atoms with Crippen molar-refractivity contribution in [1.82, 2.24) is 0 Å². The van der Waals surface area contributed by atoms with Gasteiger partial charge in [0.25, 0.3) is 0 Å². The fraction of sp³-hybridized carbons (Fsp3) is 0.588. The SMILES string of the molecule is C[C@@]1(C(=O)OC(=O)[C@]2(C)CCC[C@]3(C)c4cc(O)ccc4CC[C@@H]23)CCC[C@]2(C)c3cc(O)ccc3CC[C@@H]12. The summed E-state index contributed by atoms with van der Waals surface area (Å²) in [6.45, 7) is 8.46. The van der Waals surface area contributed by atoms with Gasteiger partial charge < -0.3 is 14.9 Å². The van der Waals surface area contributed by atoms with Crippen LogP contribution in [0.2, 0.25) is 0 Å². The molecule has 0 spiro atoms. The van der Waals surface area contributed by atoms with Crippen LogP contribution in [0.4, 0.5) is 0 Å². The van der Waals surface area contributed by atoms with Crippen molar-refractivity contribution >= 4 is 11.9 Å². The van der Waals surface area contributed by atoms with Crippen LogP contribution in [0.1, 0.15) is 101 Å². The highest BCUT2D eigenvalue weighted by atomic mass is 16.6. The molecule has 39 heavy (non-hydrogen) atoms. The van der Waals surface area contributed by atoms with Crippen molar-refractivity contribution in [2.75, 3.05) is 0 Å². The summed E-state index contributed by atoms with van der Waals surface area (Å²) < 4.78 is 5.97. The van der Waals surface area contributed by atoms with Crippen LogP contribution in [0.25, 0.3) is 0 Å². The Labute approximate surface area is 232 Å². The molecule has 6 atom stereocenters. The molecule has 0 radical (unpaired) electrons. The van der Waals surface area contributed by atoms with E-state index in [9.17, 15) is 19.8 Å². The normalized spacial score (nSPS) is 37.0. The number of aromatic hydroxyl groups is 2. The molecule has 0 aromatic heterocycles. The largest absolute Gasteiger partial charge is 0.508 e. The van der Waals surface area contributed by atoms with E-state index in [1.807, 2.05) is 38.1 Å². The maximum atomic E-state index is 14.0. The third kappa shape index (κ3) is 3.78. The number of fused-ring (bicyclic) bond motifs is 6. The van der Waals surface area contributed by atoms with Gasteiger partial charge in [0.2, 0.25) is 0 Å². The van der Waals surface area contributed by atoms with Crippen molar-refractivity contribution < 1.29 is 24.5 Å². The second kappa shape index (κ2) is 8.84. The van der Waals surface area contributed by atoms with Crippen LogP contribution in [0.5, 0.6) is 11.5 Å². The van der Waals surface area contributed by atoms with Crippen molar-refractivity contribution in [3.63, 3.8) is 0 Å². The molecule has 0 unspecified atom stereocenters. The Balaban J connectivity index is 1.28. The topological polar surface area (TPSA) is 83.8 Å². The van der Waals surface area contributed by atoms with Crippen LogP contribution >= 0.6 is 0 Å². The zero-order valence-electron chi connectivity index (χ0n) is 23.8. The first kappa shape index (κ1) is 26.4. The third-order valence-corrected chi connectivity index (χ3v) is 11.8. The second-order valence-corrected chi connectivity index (χ2v) is 13.9. The van der Waals surface area contributed by atoms with Gasteiger partial charge in [-0.3, -0.25) is 9.59 Å². The molecule has 5 nitrogen and oxygen atoms in total. The van der Waals surface area contributed by atoms with Crippen molar-refractivity contribution in [3.05, 3.63) is 58.7 Å². The summed E-state index contributed by atoms with van der Waals surface area (Å²) >= 11 is 0. The van der Waals surface area contributed by atoms with Gasteiger partial charge in [-0.2, -0.15) is 0 Å². The van der Waals surface area contributed by atoms with Crippen molar-refractivity contribution in [1.29, 1.82) is 0 Å². The lowest BCUT2D eigenvalue weighted by molar-refractivity contribution is -0.184. The molecular formula is C34H42O5. The number of ether oxygens (including phenoxy) is 1. The molecule has 0 aliphatic heterocycles. The number of hydrogen-bond acceptors (Lipinski definition) is 5. The van der Waals surface area contributed by atoms with E-state index in [4.69, 9.17) is 4.74 Å². The van der Waals surface area contributed by atoms with E-state index in [-0.39, 0.29) is 46.1 Å². The van der Waals surface area contributed by atoms with Crippen LogP contribution in [-0.4, -0.2) is 22.2 Å². The molecule has 0 heterocycles. The average Bonchev–Trinajstić information content (AvgIpc) is 2.89. The van der Waals surface area contributed by atoms with Crippen molar-refractivity contribution in [2.24, 2.45) is 22.7 Å². The van der Waals surface area contributed by atoms with E-state index in [2.05, 4.69) is 13.8 Å². The lowest BCUT2D eigenvalue weighted by atomic mass is 9.49. The fourth-order valence-electron chi connectivity index (χ4n) is 9.70. The van der Waals surface area contributed by atoms with E-state index >= 15 is 0 Å². The van der Waals surface area contributed by atoms with Crippen LogP contribution in [0.3, 0.4) is 0 Å². The maximum Gasteiger partial charge on any atom is 0.319 e. The summed E-state index contributed by atoms with van der Waals surface area (Å²) in [7, 11) is 0. The van der Waals surface area contributed by atoms with Crippen molar-refractivity contribution in [3.8, 4) is 11.5 Å². The van der Waals surface area contributed by atoms with Gasteiger partial charge in [-0.15, -0.1) is 0 Å². The molecule has 2 saturated carbocycles. The number of aryl methyl sites for hydroxylation is 2. The first-order valence-corrected chi connectivity index (χ1v) is 14.8. The monoisotopic (exact) mass is 530 g/mol. The van der Waals surface area contributed by atoms with Gasteiger partial charge in [0.15, 0.2) is 0 Å². The molecule has 4 aliphatic carbocycles. The highest BCUT2D eigenvalue weighted by molar-refractivity contribution is 5.92. The number of carbonyl (C=O) groups is 2. The van der Waals surface area contributed by atoms with Gasteiger partial charge >= 0.3 is 11.9 Å². The van der Waals surface area contributed by atoms with Crippen LogP contribution in [-0.2, 0) is 38.0 Å². The Kier molecular flexibility index (Phi) is 5.99. The number of carbonyl (C=O) groups excluding carboxylic acids is 2. The number of hydrogen-bond donors (Lipinski definition) is 2. The number of phenolic OH excluding ortho intramolecular Hbond substituents is 2. The second-order valence-electron chi connectivity index (χ2n) is 13.9. The Bertz CT molecular complexity index is 1250. The first-order valence-electron chi connectivity index (χ1n) is 14.8. The minimum atomic E-state index is -0.759. The standard InChI is InChI=1S/C34H42O5/c1-31-15-5-17-33(3,27(31)13-9-21-7-11-23(35)19-25(21)31)29(37)39-30(38)34(4)18-6-16-32(2)26-20-24(36)12-8-22(26)10-14-28(32)34/h7-8,11-12,19-20,27-28,35-36H,5-6,9-10,13-18H2,1-4H3/t27-,28-,31-,32-,33-,34-/m1/s1. The molecule has 0 amide bonds. The lowest BCUT2D eigenvalue weighted by Crippen LogP contribution is -2.55. The first-order chi connectivity index (χ1) is 18.4. The number of esters is 2. The smallest absolute Gasteiger partial charge is 0.319 e. The Hall–Kier alpha value is -2.82. The molecule has 2 aromatic rings. The molecule has 5 heteroatoms. The van der Waals surface area contributed by atoms with E-state index in [1.54, 1.807) is 12.1 Å². The zero-order chi connectivity index (χ0) is 27.8. The van der Waals surface area contributed by atoms with Gasteiger partial charge in [-0.25, -0.2) is 0 Å². The van der Waals surface area contributed by atoms with E-state index < -0.39 is 10.8 Å². The summed E-state index contributed by atoms with van der Waals surface area (Å²) in [5.41, 5.74) is 2.77. The number of phenols is 2. The van der Waals surface area contributed by atoms with Crippen LogP contribution in [0, 0.1) is 22.7 Å². The summed E-state index contributed by atoms with van der Waals surface area (Å²) in [6.07, 6.45) is 8.52. The van der Waals surface area contributed by atoms with Gasteiger partial charge in [-0.05, 0) is 134 Å². The van der Waals surface area contributed by atoms with Gasteiger partial charge in [0.1, 0.15) is 11.5 Å². The predicted octanol–water partition coefficient (Wildman–Crippen LogP) is 6.89. The highest BCUT2D eigenvalue weighted by Gasteiger charge is 2.59. The molecule has 0 saturated heterocycles. The fourth-order valence-corrected chi connectivity index (χ4v) is 9.70. The van der Waals surface area contributed by atoms with E-state index in [0.717, 1.165) is 62.5 Å². The Morgan fingerprint density at radius 2 is 1.10 bits per heavy atom. The minimum absolute atomic E-state index is 0.0438. The molecule has 2 fully saturated rings. The summed E-state index contributed by atoms with van der Waals surface area (Å²) in [4.78, 5) is 28.1. The quantitative estimate of drug-likeness (QED) is 0.326.